The molecular formula is C20H13N3O4. The van der Waals surface area contributed by atoms with E-state index in [0.29, 0.717) is 11.3 Å². The number of nitrogens with zero attached hydrogens (tertiary/aromatic N) is 3. The van der Waals surface area contributed by atoms with Crippen molar-refractivity contribution in [3.05, 3.63) is 93.8 Å². The third-order valence-corrected chi connectivity index (χ3v) is 3.95. The van der Waals surface area contributed by atoms with Crippen LogP contribution >= 0.6 is 0 Å². The molecule has 0 aliphatic carbocycles. The molecular weight excluding hydrogens is 346 g/mol. The van der Waals surface area contributed by atoms with Crippen molar-refractivity contribution in [1.82, 2.24) is 4.57 Å². The quantitative estimate of drug-likeness (QED) is 0.418. The number of aromatic nitrogens is 1. The molecule has 7 heteroatoms. The SMILES string of the molecule is N#CC(=Cc1cccn1-c1ccc(C(=O)O)cc1)c1cccc([N+](=O)[O-])c1. The molecule has 0 atom stereocenters. The summed E-state index contributed by atoms with van der Waals surface area (Å²) in [7, 11) is 0. The molecule has 2 aromatic carbocycles. The molecule has 0 aliphatic heterocycles. The van der Waals surface area contributed by atoms with Crippen molar-refractivity contribution >= 4 is 23.3 Å². The predicted molar refractivity (Wildman–Crippen MR) is 99.3 cm³/mol. The minimum absolute atomic E-state index is 0.0895. The number of benzene rings is 2. The number of nitro groups is 1. The molecule has 1 N–H and O–H groups in total. The number of hydrogen-bond donors (Lipinski definition) is 1. The van der Waals surface area contributed by atoms with Gasteiger partial charge in [0, 0.05) is 29.7 Å². The molecule has 0 amide bonds. The van der Waals surface area contributed by atoms with E-state index < -0.39 is 10.9 Å². The molecule has 27 heavy (non-hydrogen) atoms. The van der Waals surface area contributed by atoms with Gasteiger partial charge in [0.25, 0.3) is 5.69 Å². The van der Waals surface area contributed by atoms with Gasteiger partial charge in [-0.3, -0.25) is 10.1 Å². The number of carbonyl (C=O) groups is 1. The van der Waals surface area contributed by atoms with Crippen molar-refractivity contribution in [2.24, 2.45) is 0 Å². The van der Waals surface area contributed by atoms with Crippen LogP contribution in [0.3, 0.4) is 0 Å². The first-order valence-electron chi connectivity index (χ1n) is 7.87. The van der Waals surface area contributed by atoms with Crippen LogP contribution in [-0.4, -0.2) is 20.6 Å². The summed E-state index contributed by atoms with van der Waals surface area (Å²) in [6.45, 7) is 0. The Kier molecular flexibility index (Phi) is 4.82. The third kappa shape index (κ3) is 3.75. The van der Waals surface area contributed by atoms with Gasteiger partial charge in [-0.2, -0.15) is 5.26 Å². The molecule has 1 heterocycles. The predicted octanol–water partition coefficient (Wildman–Crippen LogP) is 4.15. The topological polar surface area (TPSA) is 109 Å². The lowest BCUT2D eigenvalue weighted by molar-refractivity contribution is -0.384. The number of carboxylic acid groups (broad SMARTS) is 1. The Morgan fingerprint density at radius 1 is 1.11 bits per heavy atom. The molecule has 132 valence electrons. The first-order valence-corrected chi connectivity index (χ1v) is 7.87. The van der Waals surface area contributed by atoms with Crippen LogP contribution in [0.1, 0.15) is 21.6 Å². The number of aromatic carboxylic acids is 1. The van der Waals surface area contributed by atoms with Crippen molar-refractivity contribution in [2.75, 3.05) is 0 Å². The molecule has 0 unspecified atom stereocenters. The van der Waals surface area contributed by atoms with Crippen LogP contribution in [0.4, 0.5) is 5.69 Å². The number of non-ortho nitro benzene ring substituents is 1. The van der Waals surface area contributed by atoms with E-state index in [0.717, 1.165) is 5.69 Å². The summed E-state index contributed by atoms with van der Waals surface area (Å²) >= 11 is 0. The molecule has 0 fully saturated rings. The third-order valence-electron chi connectivity index (χ3n) is 3.95. The standard InChI is InChI=1S/C20H13N3O4/c21-13-16(15-3-1-4-19(11-15)23(26)27)12-18-5-2-10-22(18)17-8-6-14(7-9-17)20(24)25/h1-12H,(H,24,25). The van der Waals surface area contributed by atoms with Crippen molar-refractivity contribution in [3.8, 4) is 11.8 Å². The largest absolute Gasteiger partial charge is 0.478 e. The number of hydrogen-bond acceptors (Lipinski definition) is 4. The molecule has 0 radical (unpaired) electrons. The lowest BCUT2D eigenvalue weighted by Crippen LogP contribution is -1.99. The van der Waals surface area contributed by atoms with E-state index in [4.69, 9.17) is 5.11 Å². The smallest absolute Gasteiger partial charge is 0.335 e. The summed E-state index contributed by atoms with van der Waals surface area (Å²) in [4.78, 5) is 21.4. The summed E-state index contributed by atoms with van der Waals surface area (Å²) in [5.74, 6) is -1.01. The Hall–Kier alpha value is -4.18. The van der Waals surface area contributed by atoms with Gasteiger partial charge in [0.05, 0.1) is 22.1 Å². The van der Waals surface area contributed by atoms with Gasteiger partial charge in [-0.1, -0.05) is 12.1 Å². The summed E-state index contributed by atoms with van der Waals surface area (Å²) in [5, 5.41) is 29.5. The zero-order chi connectivity index (χ0) is 19.4. The summed E-state index contributed by atoms with van der Waals surface area (Å²) in [6.07, 6.45) is 3.41. The van der Waals surface area contributed by atoms with Gasteiger partial charge < -0.3 is 9.67 Å². The maximum atomic E-state index is 11.0. The van der Waals surface area contributed by atoms with E-state index >= 15 is 0 Å². The van der Waals surface area contributed by atoms with Crippen LogP contribution in [-0.2, 0) is 0 Å². The lowest BCUT2D eigenvalue weighted by Gasteiger charge is -2.08. The number of carboxylic acids is 1. The summed E-state index contributed by atoms with van der Waals surface area (Å²) in [5.41, 5.74) is 2.22. The molecule has 0 saturated carbocycles. The minimum Gasteiger partial charge on any atom is -0.478 e. The lowest BCUT2D eigenvalue weighted by atomic mass is 10.1. The highest BCUT2D eigenvalue weighted by Crippen LogP contribution is 2.23. The monoisotopic (exact) mass is 359 g/mol. The van der Waals surface area contributed by atoms with E-state index in [2.05, 4.69) is 6.07 Å². The van der Waals surface area contributed by atoms with Crippen molar-refractivity contribution in [2.45, 2.75) is 0 Å². The Morgan fingerprint density at radius 2 is 1.85 bits per heavy atom. The van der Waals surface area contributed by atoms with Crippen LogP contribution in [0, 0.1) is 21.4 Å². The van der Waals surface area contributed by atoms with Gasteiger partial charge in [0.15, 0.2) is 0 Å². The highest BCUT2D eigenvalue weighted by molar-refractivity contribution is 5.90. The van der Waals surface area contributed by atoms with Crippen molar-refractivity contribution in [1.29, 1.82) is 5.26 Å². The van der Waals surface area contributed by atoms with E-state index in [1.807, 2.05) is 0 Å². The van der Waals surface area contributed by atoms with Gasteiger partial charge in [0.2, 0.25) is 0 Å². The van der Waals surface area contributed by atoms with E-state index in [1.165, 1.54) is 30.3 Å². The number of nitro benzene ring substituents is 1. The summed E-state index contributed by atoms with van der Waals surface area (Å²) < 4.78 is 1.79. The van der Waals surface area contributed by atoms with Crippen LogP contribution in [0.25, 0.3) is 17.3 Å². The van der Waals surface area contributed by atoms with Gasteiger partial charge in [-0.25, -0.2) is 4.79 Å². The summed E-state index contributed by atoms with van der Waals surface area (Å²) in [6, 6.07) is 17.9. The minimum atomic E-state index is -1.01. The second kappa shape index (κ2) is 7.37. The number of nitriles is 1. The van der Waals surface area contributed by atoms with Gasteiger partial charge in [-0.05, 0) is 48.0 Å². The first kappa shape index (κ1) is 17.6. The molecule has 0 saturated heterocycles. The highest BCUT2D eigenvalue weighted by Gasteiger charge is 2.10. The maximum Gasteiger partial charge on any atom is 0.335 e. The first-order chi connectivity index (χ1) is 13.0. The number of allylic oxidation sites excluding steroid dienone is 1. The fourth-order valence-electron chi connectivity index (χ4n) is 2.63. The maximum absolute atomic E-state index is 11.0. The zero-order valence-electron chi connectivity index (χ0n) is 13.9. The second-order valence-corrected chi connectivity index (χ2v) is 5.63. The molecule has 7 nitrogen and oxygen atoms in total. The molecule has 3 aromatic rings. The normalized spacial score (nSPS) is 11.0. The second-order valence-electron chi connectivity index (χ2n) is 5.63. The fraction of sp³-hybridized carbons (Fsp3) is 0. The highest BCUT2D eigenvalue weighted by atomic mass is 16.6. The van der Waals surface area contributed by atoms with Crippen LogP contribution in [0.5, 0.6) is 0 Å². The van der Waals surface area contributed by atoms with E-state index in [9.17, 15) is 20.2 Å². The number of rotatable bonds is 5. The van der Waals surface area contributed by atoms with E-state index in [1.54, 1.807) is 47.2 Å². The van der Waals surface area contributed by atoms with Crippen molar-refractivity contribution < 1.29 is 14.8 Å². The zero-order valence-corrected chi connectivity index (χ0v) is 13.9. The Morgan fingerprint density at radius 3 is 2.48 bits per heavy atom. The molecule has 3 rings (SSSR count). The van der Waals surface area contributed by atoms with Crippen LogP contribution in [0.15, 0.2) is 66.9 Å². The fourth-order valence-corrected chi connectivity index (χ4v) is 2.63. The molecule has 0 spiro atoms. The molecule has 0 aliphatic rings. The van der Waals surface area contributed by atoms with Gasteiger partial charge >= 0.3 is 5.97 Å². The van der Waals surface area contributed by atoms with Gasteiger partial charge in [0.1, 0.15) is 0 Å². The van der Waals surface area contributed by atoms with E-state index in [-0.39, 0.29) is 16.8 Å². The van der Waals surface area contributed by atoms with Gasteiger partial charge in [-0.15, -0.1) is 0 Å². The van der Waals surface area contributed by atoms with Crippen molar-refractivity contribution in [3.63, 3.8) is 0 Å². The molecule has 1 aromatic heterocycles. The Balaban J connectivity index is 2.01. The Labute approximate surface area is 154 Å². The Bertz CT molecular complexity index is 1090. The average Bonchev–Trinajstić information content (AvgIpc) is 3.14. The van der Waals surface area contributed by atoms with Crippen LogP contribution < -0.4 is 0 Å². The molecule has 0 bridgehead atoms. The van der Waals surface area contributed by atoms with Crippen LogP contribution in [0.2, 0.25) is 0 Å². The average molecular weight is 359 g/mol.